The molecule has 1 heterocycles. The summed E-state index contributed by atoms with van der Waals surface area (Å²) < 4.78 is 28.7. The smallest absolute Gasteiger partial charge is 0.387 e. The Bertz CT molecular complexity index is 809. The number of nitrogens with zero attached hydrogens (tertiary/aromatic N) is 2. The molecule has 0 aromatic heterocycles. The largest absolute Gasteiger partial charge is 0.435 e. The van der Waals surface area contributed by atoms with E-state index >= 15 is 0 Å². The molecule has 1 aliphatic heterocycles. The van der Waals surface area contributed by atoms with Crippen LogP contribution < -0.4 is 4.74 Å². The van der Waals surface area contributed by atoms with Gasteiger partial charge in [0.25, 0.3) is 0 Å². The summed E-state index contributed by atoms with van der Waals surface area (Å²) in [7, 11) is 1.57. The van der Waals surface area contributed by atoms with Crippen LogP contribution in [0.1, 0.15) is 12.0 Å². The molecule has 28 heavy (non-hydrogen) atoms. The number of hydrogen-bond acceptors (Lipinski definition) is 4. The lowest BCUT2D eigenvalue weighted by molar-refractivity contribution is -0.146. The van der Waals surface area contributed by atoms with Crippen LogP contribution in [0.4, 0.5) is 8.78 Å². The Hall–Kier alpha value is -2.77. The van der Waals surface area contributed by atoms with Crippen LogP contribution in [0, 0.1) is 23.7 Å². The molecule has 8 heteroatoms. The van der Waals surface area contributed by atoms with Gasteiger partial charge in [-0.25, -0.2) is 0 Å². The first-order valence-electron chi connectivity index (χ1n) is 9.16. The molecular weight excluding hydrogens is 370 g/mol. The van der Waals surface area contributed by atoms with Crippen LogP contribution >= 0.6 is 0 Å². The van der Waals surface area contributed by atoms with E-state index in [1.807, 2.05) is 12.2 Å². The molecule has 0 spiro atoms. The van der Waals surface area contributed by atoms with Crippen molar-refractivity contribution in [2.24, 2.45) is 23.7 Å². The molecule has 1 aromatic rings. The van der Waals surface area contributed by atoms with Crippen molar-refractivity contribution in [2.75, 3.05) is 13.6 Å². The standard InChI is InChI=1S/C20H20F2N2O4/c1-23(9-11-2-6-14(7-3-11)28-20(21)22)15(25)10-24-18(26)16-12-4-5-13(8-12)17(16)19(24)27/h2-7,12-13,16-17,20H,8-10H2,1H3. The van der Waals surface area contributed by atoms with E-state index in [9.17, 15) is 23.2 Å². The molecular formula is C20H20F2N2O4. The fourth-order valence-electron chi connectivity index (χ4n) is 4.51. The highest BCUT2D eigenvalue weighted by atomic mass is 19.3. The van der Waals surface area contributed by atoms with Gasteiger partial charge in [-0.05, 0) is 36.0 Å². The van der Waals surface area contributed by atoms with Crippen molar-refractivity contribution in [2.45, 2.75) is 19.6 Å². The quantitative estimate of drug-likeness (QED) is 0.551. The van der Waals surface area contributed by atoms with Gasteiger partial charge < -0.3 is 9.64 Å². The second-order valence-corrected chi connectivity index (χ2v) is 7.53. The number of ether oxygens (including phenoxy) is 1. The molecule has 0 radical (unpaired) electrons. The third-order valence-electron chi connectivity index (χ3n) is 5.85. The summed E-state index contributed by atoms with van der Waals surface area (Å²) in [6, 6.07) is 5.97. The van der Waals surface area contributed by atoms with E-state index in [-0.39, 0.29) is 60.2 Å². The maximum atomic E-state index is 12.7. The summed E-state index contributed by atoms with van der Waals surface area (Å²) in [6.45, 7) is -2.94. The SMILES string of the molecule is CN(Cc1ccc(OC(F)F)cc1)C(=O)CN1C(=O)C2C3C=CC(C3)C2C1=O. The number of amides is 3. The molecule has 0 N–H and O–H groups in total. The van der Waals surface area contributed by atoms with E-state index in [1.165, 1.54) is 17.0 Å². The Morgan fingerprint density at radius 3 is 2.25 bits per heavy atom. The van der Waals surface area contributed by atoms with Gasteiger partial charge >= 0.3 is 6.61 Å². The molecule has 6 nitrogen and oxygen atoms in total. The van der Waals surface area contributed by atoms with Gasteiger partial charge in [0, 0.05) is 13.6 Å². The lowest BCUT2D eigenvalue weighted by Gasteiger charge is -2.22. The van der Waals surface area contributed by atoms with Crippen molar-refractivity contribution < 1.29 is 27.9 Å². The summed E-state index contributed by atoms with van der Waals surface area (Å²) in [5, 5.41) is 0. The van der Waals surface area contributed by atoms with Crippen molar-refractivity contribution in [3.8, 4) is 5.75 Å². The fourth-order valence-corrected chi connectivity index (χ4v) is 4.51. The van der Waals surface area contributed by atoms with E-state index in [2.05, 4.69) is 4.74 Å². The predicted molar refractivity (Wildman–Crippen MR) is 94.0 cm³/mol. The third kappa shape index (κ3) is 3.16. The van der Waals surface area contributed by atoms with Crippen molar-refractivity contribution >= 4 is 17.7 Å². The molecule has 1 saturated carbocycles. The van der Waals surface area contributed by atoms with Crippen molar-refractivity contribution in [3.63, 3.8) is 0 Å². The number of carbonyl (C=O) groups is 3. The first kappa shape index (κ1) is 18.6. The van der Waals surface area contributed by atoms with E-state index in [0.717, 1.165) is 16.9 Å². The Kier molecular flexibility index (Phi) is 4.64. The number of halogens is 2. The Balaban J connectivity index is 1.36. The molecule has 1 saturated heterocycles. The van der Waals surface area contributed by atoms with Gasteiger partial charge in [0.15, 0.2) is 0 Å². The van der Waals surface area contributed by atoms with Crippen molar-refractivity contribution in [3.05, 3.63) is 42.0 Å². The van der Waals surface area contributed by atoms with Gasteiger partial charge in [-0.15, -0.1) is 0 Å². The van der Waals surface area contributed by atoms with Crippen LogP contribution in [0.3, 0.4) is 0 Å². The topological polar surface area (TPSA) is 66.9 Å². The highest BCUT2D eigenvalue weighted by molar-refractivity contribution is 6.08. The molecule has 4 unspecified atom stereocenters. The molecule has 2 fully saturated rings. The average molecular weight is 390 g/mol. The predicted octanol–water partition coefficient (Wildman–Crippen LogP) is 2.05. The third-order valence-corrected chi connectivity index (χ3v) is 5.85. The molecule has 2 bridgehead atoms. The lowest BCUT2D eigenvalue weighted by atomic mass is 9.85. The highest BCUT2D eigenvalue weighted by Gasteiger charge is 2.59. The van der Waals surface area contributed by atoms with Crippen LogP contribution in [0.25, 0.3) is 0 Å². The Labute approximate surface area is 160 Å². The van der Waals surface area contributed by atoms with Crippen LogP contribution in [0.2, 0.25) is 0 Å². The molecule has 4 rings (SSSR count). The molecule has 3 aliphatic rings. The molecule has 1 aromatic carbocycles. The first-order chi connectivity index (χ1) is 13.3. The summed E-state index contributed by atoms with van der Waals surface area (Å²) in [4.78, 5) is 40.4. The molecule has 148 valence electrons. The van der Waals surface area contributed by atoms with E-state index in [0.29, 0.717) is 0 Å². The van der Waals surface area contributed by atoms with Gasteiger partial charge in [-0.1, -0.05) is 24.3 Å². The van der Waals surface area contributed by atoms with E-state index in [1.54, 1.807) is 19.2 Å². The lowest BCUT2D eigenvalue weighted by Crippen LogP contribution is -2.42. The number of likely N-dealkylation sites (tertiary alicyclic amines) is 1. The second-order valence-electron chi connectivity index (χ2n) is 7.53. The number of likely N-dealkylation sites (N-methyl/N-ethyl adjacent to an activating group) is 1. The summed E-state index contributed by atoms with van der Waals surface area (Å²) in [5.41, 5.74) is 0.718. The molecule has 4 atom stereocenters. The Morgan fingerprint density at radius 1 is 1.14 bits per heavy atom. The normalized spacial score (nSPS) is 27.6. The number of benzene rings is 1. The fraction of sp³-hybridized carbons (Fsp3) is 0.450. The number of imide groups is 1. The zero-order valence-electron chi connectivity index (χ0n) is 15.3. The summed E-state index contributed by atoms with van der Waals surface area (Å²) >= 11 is 0. The minimum absolute atomic E-state index is 0.0377. The number of hydrogen-bond donors (Lipinski definition) is 0. The van der Waals surface area contributed by atoms with Gasteiger partial charge in [0.1, 0.15) is 12.3 Å². The number of rotatable bonds is 6. The molecule has 2 aliphatic carbocycles. The maximum absolute atomic E-state index is 12.7. The van der Waals surface area contributed by atoms with Crippen LogP contribution in [0.15, 0.2) is 36.4 Å². The number of carbonyl (C=O) groups excluding carboxylic acids is 3. The van der Waals surface area contributed by atoms with E-state index < -0.39 is 6.61 Å². The van der Waals surface area contributed by atoms with Gasteiger partial charge in [0.05, 0.1) is 11.8 Å². The Morgan fingerprint density at radius 2 is 1.71 bits per heavy atom. The van der Waals surface area contributed by atoms with Crippen LogP contribution in [-0.4, -0.2) is 47.7 Å². The van der Waals surface area contributed by atoms with Crippen LogP contribution in [-0.2, 0) is 20.9 Å². The number of allylic oxidation sites excluding steroid dienone is 2. The number of fused-ring (bicyclic) bond motifs is 5. The van der Waals surface area contributed by atoms with Crippen molar-refractivity contribution in [1.29, 1.82) is 0 Å². The van der Waals surface area contributed by atoms with E-state index in [4.69, 9.17) is 0 Å². The molecule has 3 amide bonds. The summed E-state index contributed by atoms with van der Waals surface area (Å²) in [6.07, 6.45) is 4.87. The van der Waals surface area contributed by atoms with Gasteiger partial charge in [-0.3, -0.25) is 19.3 Å². The highest BCUT2D eigenvalue weighted by Crippen LogP contribution is 2.52. The second kappa shape index (κ2) is 7.00. The zero-order chi connectivity index (χ0) is 20.0. The zero-order valence-corrected chi connectivity index (χ0v) is 15.3. The van der Waals surface area contributed by atoms with Crippen LogP contribution in [0.5, 0.6) is 5.75 Å². The van der Waals surface area contributed by atoms with Gasteiger partial charge in [0.2, 0.25) is 17.7 Å². The minimum atomic E-state index is -2.89. The number of alkyl halides is 2. The van der Waals surface area contributed by atoms with Gasteiger partial charge in [-0.2, -0.15) is 8.78 Å². The average Bonchev–Trinajstić information content (AvgIpc) is 3.33. The first-order valence-corrected chi connectivity index (χ1v) is 9.16. The minimum Gasteiger partial charge on any atom is -0.435 e. The van der Waals surface area contributed by atoms with Crippen molar-refractivity contribution in [1.82, 2.24) is 9.80 Å². The maximum Gasteiger partial charge on any atom is 0.387 e. The summed E-state index contributed by atoms with van der Waals surface area (Å²) in [5.74, 6) is -1.22. The monoisotopic (exact) mass is 390 g/mol.